The summed E-state index contributed by atoms with van der Waals surface area (Å²) in [4.78, 5) is 0. The van der Waals surface area contributed by atoms with E-state index in [-0.39, 0.29) is 0 Å². The van der Waals surface area contributed by atoms with Gasteiger partial charge in [0.25, 0.3) is 0 Å². The molecule has 6 rings (SSSR count). The number of aryl methyl sites for hydroxylation is 10. The molecular weight excluding hydrogens is 709 g/mol. The molecule has 0 aliphatic rings. The van der Waals surface area contributed by atoms with Crippen LogP contribution < -0.4 is 31.8 Å². The minimum absolute atomic E-state index is 0.818. The molecule has 0 aliphatic carbocycles. The summed E-state index contributed by atoms with van der Waals surface area (Å²) < 4.78 is 0. The molecule has 0 N–H and O–H groups in total. The van der Waals surface area contributed by atoms with Crippen molar-refractivity contribution >= 4 is 70.9 Å². The lowest BCUT2D eigenvalue weighted by Crippen LogP contribution is -2.28. The summed E-state index contributed by atoms with van der Waals surface area (Å²) in [5, 5.41) is 9.68. The van der Waals surface area contributed by atoms with Gasteiger partial charge in [0.2, 0.25) is 0 Å². The number of hydrogen-bond donors (Lipinski definition) is 0. The first-order valence-corrected chi connectivity index (χ1v) is 21.5. The first kappa shape index (κ1) is 38.5. The molecular formula is C48H50Cl2P2. The van der Waals surface area contributed by atoms with E-state index < -0.39 is 15.8 Å². The molecule has 52 heavy (non-hydrogen) atoms. The summed E-state index contributed by atoms with van der Waals surface area (Å²) in [5.74, 6) is 0. The molecule has 0 radical (unpaired) electrons. The first-order chi connectivity index (χ1) is 24.5. The van der Waals surface area contributed by atoms with E-state index in [2.05, 4.69) is 168 Å². The highest BCUT2D eigenvalue weighted by Crippen LogP contribution is 2.47. The summed E-state index contributed by atoms with van der Waals surface area (Å²) in [6.07, 6.45) is 0. The SMILES string of the molecule is Cc1cc(C)cc(P(c2cc(C)cc(C)c2)c2cc(C)c(Cl)c(C)c2-c2c(P(c3cc(C)cc(C)c3)c3cc(C)cc(C)c3)cc(C)c(Cl)c2C)c1. The van der Waals surface area contributed by atoms with Crippen LogP contribution in [0.2, 0.25) is 10.0 Å². The highest BCUT2D eigenvalue weighted by atomic mass is 35.5. The monoisotopic (exact) mass is 758 g/mol. The summed E-state index contributed by atoms with van der Waals surface area (Å²) in [5.41, 5.74) is 17.1. The molecule has 0 aliphatic heterocycles. The maximum atomic E-state index is 7.35. The van der Waals surface area contributed by atoms with Crippen LogP contribution in [-0.4, -0.2) is 0 Å². The van der Waals surface area contributed by atoms with Crippen LogP contribution in [0.25, 0.3) is 11.1 Å². The van der Waals surface area contributed by atoms with Crippen LogP contribution in [0.5, 0.6) is 0 Å². The van der Waals surface area contributed by atoms with Gasteiger partial charge in [-0.1, -0.05) is 141 Å². The molecule has 0 fully saturated rings. The Labute approximate surface area is 325 Å². The summed E-state index contributed by atoms with van der Waals surface area (Å²) >= 11 is 14.7. The summed E-state index contributed by atoms with van der Waals surface area (Å²) in [6.45, 7) is 26.5. The number of benzene rings is 6. The summed E-state index contributed by atoms with van der Waals surface area (Å²) in [7, 11) is -1.97. The van der Waals surface area contributed by atoms with Crippen LogP contribution in [-0.2, 0) is 0 Å². The molecule has 266 valence electrons. The van der Waals surface area contributed by atoms with Crippen LogP contribution in [0.1, 0.15) is 66.8 Å². The van der Waals surface area contributed by atoms with Crippen molar-refractivity contribution in [3.8, 4) is 11.1 Å². The Kier molecular flexibility index (Phi) is 11.3. The second-order valence-electron chi connectivity index (χ2n) is 15.1. The lowest BCUT2D eigenvalue weighted by atomic mass is 9.93. The molecule has 6 aromatic carbocycles. The van der Waals surface area contributed by atoms with Crippen molar-refractivity contribution < 1.29 is 0 Å². The normalized spacial score (nSPS) is 11.6. The smallest absolute Gasteiger partial charge is 0.0471 e. The largest absolute Gasteiger partial charge is 0.0837 e. The van der Waals surface area contributed by atoms with Gasteiger partial charge in [-0.3, -0.25) is 0 Å². The fourth-order valence-electron chi connectivity index (χ4n) is 8.03. The van der Waals surface area contributed by atoms with Gasteiger partial charge in [0, 0.05) is 10.0 Å². The molecule has 0 aromatic heterocycles. The Hall–Kier alpha value is -3.24. The topological polar surface area (TPSA) is 0 Å². The van der Waals surface area contributed by atoms with E-state index in [4.69, 9.17) is 23.2 Å². The van der Waals surface area contributed by atoms with Gasteiger partial charge < -0.3 is 0 Å². The van der Waals surface area contributed by atoms with Crippen molar-refractivity contribution in [2.75, 3.05) is 0 Å². The number of hydrogen-bond acceptors (Lipinski definition) is 0. The first-order valence-electron chi connectivity index (χ1n) is 18.1. The van der Waals surface area contributed by atoms with Gasteiger partial charge in [0.05, 0.1) is 0 Å². The third kappa shape index (κ3) is 7.70. The van der Waals surface area contributed by atoms with E-state index in [1.165, 1.54) is 87.5 Å². The van der Waals surface area contributed by atoms with E-state index >= 15 is 0 Å². The molecule has 0 nitrogen and oxygen atoms in total. The van der Waals surface area contributed by atoms with Gasteiger partial charge in [-0.2, -0.15) is 0 Å². The highest BCUT2D eigenvalue weighted by Gasteiger charge is 2.31. The minimum atomic E-state index is -0.985. The number of halogens is 2. The Morgan fingerprint density at radius 3 is 0.731 bits per heavy atom. The molecule has 0 unspecified atom stereocenters. The van der Waals surface area contributed by atoms with Gasteiger partial charge in [-0.25, -0.2) is 0 Å². The van der Waals surface area contributed by atoms with E-state index in [0.29, 0.717) is 0 Å². The molecule has 0 spiro atoms. The Bertz CT molecular complexity index is 2020. The molecule has 0 bridgehead atoms. The Morgan fingerprint density at radius 2 is 0.519 bits per heavy atom. The van der Waals surface area contributed by atoms with Gasteiger partial charge in [-0.05, 0) is 176 Å². The van der Waals surface area contributed by atoms with Crippen molar-refractivity contribution in [1.29, 1.82) is 0 Å². The maximum absolute atomic E-state index is 7.35. The fourth-order valence-corrected chi connectivity index (χ4v) is 14.4. The Balaban J connectivity index is 1.81. The van der Waals surface area contributed by atoms with Gasteiger partial charge in [-0.15, -0.1) is 0 Å². The molecule has 0 amide bonds. The van der Waals surface area contributed by atoms with Crippen LogP contribution in [0.3, 0.4) is 0 Å². The van der Waals surface area contributed by atoms with Gasteiger partial charge >= 0.3 is 0 Å². The third-order valence-electron chi connectivity index (χ3n) is 9.91. The fraction of sp³-hybridized carbons (Fsp3) is 0.250. The van der Waals surface area contributed by atoms with E-state index in [1.807, 2.05) is 0 Å². The van der Waals surface area contributed by atoms with Crippen molar-refractivity contribution in [2.24, 2.45) is 0 Å². The zero-order chi connectivity index (χ0) is 37.8. The molecule has 4 heteroatoms. The second-order valence-corrected chi connectivity index (χ2v) is 20.2. The molecule has 0 heterocycles. The second kappa shape index (κ2) is 15.2. The van der Waals surface area contributed by atoms with Crippen molar-refractivity contribution in [3.05, 3.63) is 162 Å². The molecule has 0 saturated heterocycles. The Morgan fingerprint density at radius 1 is 0.308 bits per heavy atom. The van der Waals surface area contributed by atoms with Crippen molar-refractivity contribution in [2.45, 2.75) is 83.1 Å². The molecule has 0 saturated carbocycles. The van der Waals surface area contributed by atoms with Crippen molar-refractivity contribution in [1.82, 2.24) is 0 Å². The van der Waals surface area contributed by atoms with Crippen LogP contribution in [0, 0.1) is 83.1 Å². The predicted molar refractivity (Wildman–Crippen MR) is 236 cm³/mol. The number of rotatable bonds is 7. The minimum Gasteiger partial charge on any atom is -0.0837 e. The lowest BCUT2D eigenvalue weighted by molar-refractivity contribution is 1.36. The van der Waals surface area contributed by atoms with E-state index in [9.17, 15) is 0 Å². The van der Waals surface area contributed by atoms with Gasteiger partial charge in [0.15, 0.2) is 0 Å². The third-order valence-corrected chi connectivity index (χ3v) is 15.8. The average Bonchev–Trinajstić information content (AvgIpc) is 3.02. The van der Waals surface area contributed by atoms with Crippen LogP contribution in [0.4, 0.5) is 0 Å². The summed E-state index contributed by atoms with van der Waals surface area (Å²) in [6, 6.07) is 33.1. The maximum Gasteiger partial charge on any atom is 0.0471 e. The zero-order valence-corrected chi connectivity index (χ0v) is 36.0. The molecule has 6 aromatic rings. The average molecular weight is 760 g/mol. The van der Waals surface area contributed by atoms with E-state index in [0.717, 1.165) is 32.3 Å². The standard InChI is InChI=1S/C48H50Cl2P2/c1-27-13-28(2)18-39(17-27)51(40-19-29(3)14-30(4)20-40)43-25-35(9)47(49)37(11)45(43)46-38(12)48(50)36(10)26-44(46)52(41-21-31(5)15-32(6)22-41)42-23-33(7)16-34(8)24-42/h13-26H,1-12H3. The van der Waals surface area contributed by atoms with Gasteiger partial charge in [0.1, 0.15) is 0 Å². The van der Waals surface area contributed by atoms with Crippen LogP contribution >= 0.6 is 39.0 Å². The van der Waals surface area contributed by atoms with Crippen molar-refractivity contribution in [3.63, 3.8) is 0 Å². The zero-order valence-electron chi connectivity index (χ0n) is 32.7. The van der Waals surface area contributed by atoms with Crippen LogP contribution in [0.15, 0.2) is 84.9 Å². The lowest BCUT2D eigenvalue weighted by Gasteiger charge is -2.31. The predicted octanol–water partition coefficient (Wildman–Crippen LogP) is 11.9. The quantitative estimate of drug-likeness (QED) is 0.142. The highest BCUT2D eigenvalue weighted by molar-refractivity contribution is 7.80. The van der Waals surface area contributed by atoms with E-state index in [1.54, 1.807) is 0 Å². The molecule has 0 atom stereocenters.